The van der Waals surface area contributed by atoms with E-state index in [1.165, 1.54) is 21.0 Å². The van der Waals surface area contributed by atoms with Crippen LogP contribution in [-0.2, 0) is 0 Å². The summed E-state index contributed by atoms with van der Waals surface area (Å²) in [5.41, 5.74) is 9.55. The van der Waals surface area contributed by atoms with Gasteiger partial charge < -0.3 is 0 Å². The van der Waals surface area contributed by atoms with E-state index in [4.69, 9.17) is 0 Å². The molecular weight excluding hydrogens is 256 g/mol. The van der Waals surface area contributed by atoms with Crippen LogP contribution in [0.2, 0.25) is 0 Å². The van der Waals surface area contributed by atoms with Crippen molar-refractivity contribution in [3.63, 3.8) is 0 Å². The maximum absolute atomic E-state index is 3.53. The highest BCUT2D eigenvalue weighted by atomic mass is 32.2. The Hall–Kier alpha value is -0.260. The number of hydrogen-bond donors (Lipinski definition) is 0. The highest BCUT2D eigenvalue weighted by Crippen LogP contribution is 2.57. The average molecular weight is 281 g/mol. The van der Waals surface area contributed by atoms with Gasteiger partial charge in [-0.05, 0) is 66.5 Å². The molecule has 2 heteroatoms. The molecule has 0 amide bonds. The first-order chi connectivity index (χ1) is 8.04. The molecule has 0 aromatic heterocycles. The Balaban J connectivity index is 3.38. The standard InChI is InChI=1S/C16H24S2/c1-11(2)9-13-15(5,6)18-14(10-12(3)4)16(7,8)17-13/h1-8H3. The Kier molecular flexibility index (Phi) is 4.73. The van der Waals surface area contributed by atoms with Crippen molar-refractivity contribution in [2.24, 2.45) is 0 Å². The molecule has 18 heavy (non-hydrogen) atoms. The zero-order valence-corrected chi connectivity index (χ0v) is 14.4. The van der Waals surface area contributed by atoms with Crippen LogP contribution in [-0.4, -0.2) is 9.49 Å². The minimum Gasteiger partial charge on any atom is -0.110 e. The second-order valence-corrected chi connectivity index (χ2v) is 9.40. The second kappa shape index (κ2) is 5.39. The number of thioether (sulfide) groups is 2. The van der Waals surface area contributed by atoms with E-state index in [1.54, 1.807) is 0 Å². The summed E-state index contributed by atoms with van der Waals surface area (Å²) < 4.78 is 0.185. The van der Waals surface area contributed by atoms with E-state index in [-0.39, 0.29) is 9.49 Å². The predicted octanol–water partition coefficient (Wildman–Crippen LogP) is 5.92. The molecule has 1 rings (SSSR count). The molecule has 0 aliphatic carbocycles. The largest absolute Gasteiger partial charge is 0.110 e. The highest BCUT2D eigenvalue weighted by Gasteiger charge is 2.41. The quantitative estimate of drug-likeness (QED) is 0.505. The van der Waals surface area contributed by atoms with Crippen molar-refractivity contribution in [3.8, 4) is 0 Å². The molecule has 100 valence electrons. The molecule has 0 aromatic rings. The molecule has 0 atom stereocenters. The fourth-order valence-corrected chi connectivity index (χ4v) is 4.46. The summed E-state index contributed by atoms with van der Waals surface area (Å²) in [6, 6.07) is 0. The van der Waals surface area contributed by atoms with E-state index in [2.05, 4.69) is 66.9 Å². The Morgan fingerprint density at radius 3 is 1.22 bits per heavy atom. The molecule has 0 N–H and O–H groups in total. The van der Waals surface area contributed by atoms with Crippen LogP contribution in [0.25, 0.3) is 0 Å². The van der Waals surface area contributed by atoms with Crippen LogP contribution >= 0.6 is 23.5 Å². The molecule has 1 aliphatic heterocycles. The van der Waals surface area contributed by atoms with Crippen LogP contribution in [0, 0.1) is 0 Å². The van der Waals surface area contributed by atoms with Crippen molar-refractivity contribution in [2.75, 3.05) is 0 Å². The Morgan fingerprint density at radius 2 is 1.00 bits per heavy atom. The summed E-state index contributed by atoms with van der Waals surface area (Å²) in [7, 11) is 0. The molecule has 1 aliphatic rings. The SMILES string of the molecule is CC(C)=C=C1SC(C)(C)C(=C=C(C)C)SC1(C)C. The third-order valence-electron chi connectivity index (χ3n) is 2.54. The van der Waals surface area contributed by atoms with E-state index in [1.807, 2.05) is 23.5 Å². The monoisotopic (exact) mass is 280 g/mol. The van der Waals surface area contributed by atoms with Gasteiger partial charge in [-0.1, -0.05) is 0 Å². The molecule has 0 nitrogen and oxygen atoms in total. The first kappa shape index (κ1) is 15.8. The van der Waals surface area contributed by atoms with E-state index in [0.717, 1.165) is 0 Å². The van der Waals surface area contributed by atoms with Crippen molar-refractivity contribution in [3.05, 3.63) is 32.4 Å². The number of rotatable bonds is 0. The molecule has 0 radical (unpaired) electrons. The Labute approximate surface area is 121 Å². The van der Waals surface area contributed by atoms with Crippen LogP contribution in [0.1, 0.15) is 55.4 Å². The Bertz CT molecular complexity index is 423. The third kappa shape index (κ3) is 3.87. The molecule has 1 fully saturated rings. The van der Waals surface area contributed by atoms with Gasteiger partial charge in [-0.15, -0.1) is 35.0 Å². The van der Waals surface area contributed by atoms with Gasteiger partial charge >= 0.3 is 0 Å². The molecule has 1 saturated heterocycles. The summed E-state index contributed by atoms with van der Waals surface area (Å²) in [5, 5.41) is 0. The summed E-state index contributed by atoms with van der Waals surface area (Å²) >= 11 is 3.85. The van der Waals surface area contributed by atoms with Crippen LogP contribution < -0.4 is 0 Å². The van der Waals surface area contributed by atoms with Gasteiger partial charge in [-0.2, -0.15) is 0 Å². The fourth-order valence-electron chi connectivity index (χ4n) is 1.65. The van der Waals surface area contributed by atoms with Gasteiger partial charge in [0.05, 0.1) is 9.49 Å². The van der Waals surface area contributed by atoms with E-state index in [0.29, 0.717) is 0 Å². The maximum atomic E-state index is 3.53. The second-order valence-electron chi connectivity index (χ2n) is 6.13. The average Bonchev–Trinajstić information content (AvgIpc) is 2.11. The van der Waals surface area contributed by atoms with Gasteiger partial charge in [0.15, 0.2) is 0 Å². The van der Waals surface area contributed by atoms with E-state index in [9.17, 15) is 0 Å². The smallest absolute Gasteiger partial charge is 0.0535 e. The summed E-state index contributed by atoms with van der Waals surface area (Å²) in [6.07, 6.45) is 0. The lowest BCUT2D eigenvalue weighted by Crippen LogP contribution is -2.31. The van der Waals surface area contributed by atoms with Crippen molar-refractivity contribution < 1.29 is 0 Å². The van der Waals surface area contributed by atoms with Crippen molar-refractivity contribution in [1.82, 2.24) is 0 Å². The maximum Gasteiger partial charge on any atom is 0.0535 e. The van der Waals surface area contributed by atoms with Crippen LogP contribution in [0.3, 0.4) is 0 Å². The van der Waals surface area contributed by atoms with Gasteiger partial charge in [0, 0.05) is 9.81 Å². The highest BCUT2D eigenvalue weighted by molar-refractivity contribution is 8.13. The predicted molar refractivity (Wildman–Crippen MR) is 87.1 cm³/mol. The molecule has 0 spiro atoms. The fraction of sp³-hybridized carbons (Fsp3) is 0.625. The number of hydrogen-bond acceptors (Lipinski definition) is 2. The van der Waals surface area contributed by atoms with E-state index >= 15 is 0 Å². The normalized spacial score (nSPS) is 21.1. The molecular formula is C16H24S2. The van der Waals surface area contributed by atoms with E-state index < -0.39 is 0 Å². The molecule has 0 saturated carbocycles. The lowest BCUT2D eigenvalue weighted by molar-refractivity contribution is 0.826. The molecule has 1 heterocycles. The topological polar surface area (TPSA) is 0 Å². The van der Waals surface area contributed by atoms with Gasteiger partial charge in [0.2, 0.25) is 0 Å². The molecule has 0 aromatic carbocycles. The Morgan fingerprint density at radius 1 is 0.722 bits per heavy atom. The van der Waals surface area contributed by atoms with Crippen LogP contribution in [0.15, 0.2) is 32.4 Å². The van der Waals surface area contributed by atoms with Gasteiger partial charge in [0.25, 0.3) is 0 Å². The first-order valence-electron chi connectivity index (χ1n) is 6.32. The van der Waals surface area contributed by atoms with Gasteiger partial charge in [-0.25, -0.2) is 0 Å². The van der Waals surface area contributed by atoms with Gasteiger partial charge in [0.1, 0.15) is 0 Å². The minimum atomic E-state index is 0.0925. The summed E-state index contributed by atoms with van der Waals surface area (Å²) in [5.74, 6) is 0. The van der Waals surface area contributed by atoms with Crippen molar-refractivity contribution in [2.45, 2.75) is 64.9 Å². The van der Waals surface area contributed by atoms with Gasteiger partial charge in [-0.3, -0.25) is 0 Å². The molecule has 0 bridgehead atoms. The zero-order valence-electron chi connectivity index (χ0n) is 12.8. The van der Waals surface area contributed by atoms with Crippen molar-refractivity contribution in [1.29, 1.82) is 0 Å². The zero-order chi connectivity index (χ0) is 14.1. The summed E-state index contributed by atoms with van der Waals surface area (Å²) in [6.45, 7) is 17.6. The van der Waals surface area contributed by atoms with Crippen molar-refractivity contribution >= 4 is 23.5 Å². The van der Waals surface area contributed by atoms with Crippen LogP contribution in [0.5, 0.6) is 0 Å². The lowest BCUT2D eigenvalue weighted by Gasteiger charge is -2.40. The van der Waals surface area contributed by atoms with Crippen LogP contribution in [0.4, 0.5) is 0 Å². The molecule has 0 unspecified atom stereocenters. The third-order valence-corrected chi connectivity index (χ3v) is 5.86. The first-order valence-corrected chi connectivity index (χ1v) is 7.95. The summed E-state index contributed by atoms with van der Waals surface area (Å²) in [4.78, 5) is 2.69. The lowest BCUT2D eigenvalue weighted by atomic mass is 10.1. The minimum absolute atomic E-state index is 0.0925.